The van der Waals surface area contributed by atoms with Crippen molar-refractivity contribution in [2.24, 2.45) is 0 Å². The number of carbonyl (C=O) groups is 2. The van der Waals surface area contributed by atoms with Gasteiger partial charge in [-0.25, -0.2) is 9.47 Å². The van der Waals surface area contributed by atoms with E-state index >= 15 is 0 Å². The molecule has 0 aliphatic heterocycles. The average Bonchev–Trinajstić information content (AvgIpc) is 2.94. The Morgan fingerprint density at radius 1 is 1.23 bits per heavy atom. The fraction of sp³-hybridized carbons (Fsp3) is 0.412. The van der Waals surface area contributed by atoms with Crippen LogP contribution in [0.5, 0.6) is 0 Å². The highest BCUT2D eigenvalue weighted by Crippen LogP contribution is 2.35. The zero-order valence-corrected chi connectivity index (χ0v) is 16.1. The lowest BCUT2D eigenvalue weighted by Gasteiger charge is -2.18. The van der Waals surface area contributed by atoms with Crippen LogP contribution in [0.25, 0.3) is 0 Å². The average molecular weight is 376 g/mol. The van der Waals surface area contributed by atoms with E-state index in [2.05, 4.69) is 20.8 Å². The number of hydrogen-bond donors (Lipinski definition) is 3. The summed E-state index contributed by atoms with van der Waals surface area (Å²) < 4.78 is 1.39. The molecular formula is C17H24N6O2S. The van der Waals surface area contributed by atoms with Crippen molar-refractivity contribution in [2.75, 3.05) is 12.4 Å². The first kappa shape index (κ1) is 19.8. The third kappa shape index (κ3) is 4.75. The number of rotatable bonds is 5. The van der Waals surface area contributed by atoms with E-state index in [-0.39, 0.29) is 5.41 Å². The summed E-state index contributed by atoms with van der Waals surface area (Å²) in [6, 6.07) is 8.61. The van der Waals surface area contributed by atoms with Crippen LogP contribution in [0.15, 0.2) is 35.5 Å². The van der Waals surface area contributed by atoms with Gasteiger partial charge in [-0.05, 0) is 12.5 Å². The molecule has 1 atom stereocenters. The van der Waals surface area contributed by atoms with E-state index in [1.807, 2.05) is 51.1 Å². The van der Waals surface area contributed by atoms with Gasteiger partial charge in [-0.3, -0.25) is 10.1 Å². The van der Waals surface area contributed by atoms with E-state index in [4.69, 9.17) is 5.84 Å². The number of nitrogens with one attached hydrogen (secondary N) is 2. The van der Waals surface area contributed by atoms with Gasteiger partial charge in [-0.2, -0.15) is 0 Å². The molecule has 1 aromatic carbocycles. The summed E-state index contributed by atoms with van der Waals surface area (Å²) in [6.45, 7) is 8.13. The van der Waals surface area contributed by atoms with Crippen LogP contribution in [0.1, 0.15) is 44.3 Å². The molecule has 0 spiro atoms. The first-order valence-corrected chi connectivity index (χ1v) is 9.13. The maximum atomic E-state index is 12.7. The lowest BCUT2D eigenvalue weighted by Crippen LogP contribution is -2.41. The molecule has 26 heavy (non-hydrogen) atoms. The smallest absolute Gasteiger partial charge is 0.321 e. The fourth-order valence-corrected chi connectivity index (χ4v) is 3.22. The van der Waals surface area contributed by atoms with Crippen LogP contribution in [-0.4, -0.2) is 33.4 Å². The maximum absolute atomic E-state index is 12.7. The molecule has 0 fully saturated rings. The number of carbonyl (C=O) groups excluding carboxylic acids is 2. The number of urea groups is 1. The largest absolute Gasteiger partial charge is 0.338 e. The van der Waals surface area contributed by atoms with Gasteiger partial charge in [0, 0.05) is 12.0 Å². The lowest BCUT2D eigenvalue weighted by atomic mass is 9.96. The normalized spacial score (nSPS) is 12.5. The van der Waals surface area contributed by atoms with E-state index in [1.165, 1.54) is 4.68 Å². The van der Waals surface area contributed by atoms with E-state index in [0.717, 1.165) is 17.3 Å². The summed E-state index contributed by atoms with van der Waals surface area (Å²) in [5, 5.41) is 12.8. The van der Waals surface area contributed by atoms with E-state index in [1.54, 1.807) is 6.92 Å². The molecule has 9 heteroatoms. The van der Waals surface area contributed by atoms with Gasteiger partial charge in [0.05, 0.1) is 0 Å². The molecule has 3 amide bonds. The third-order valence-electron chi connectivity index (χ3n) is 3.47. The highest BCUT2D eigenvalue weighted by atomic mass is 32.2. The van der Waals surface area contributed by atoms with Crippen molar-refractivity contribution in [3.63, 3.8) is 0 Å². The van der Waals surface area contributed by atoms with Gasteiger partial charge >= 0.3 is 6.03 Å². The number of imide groups is 1. The van der Waals surface area contributed by atoms with E-state index < -0.39 is 17.2 Å². The first-order chi connectivity index (χ1) is 12.2. The van der Waals surface area contributed by atoms with Crippen molar-refractivity contribution in [2.45, 2.75) is 43.5 Å². The standard InChI is InChI=1S/C17H24N6O2S/c1-5-19-15(25)20-13(24)12(11-9-7-6-8-10-11)26-16-22-21-14(23(16)18)17(2,3)4/h6-10,12H,5,18H2,1-4H3,(H2,19,20,24,25)/t12-/m0/s1. The Morgan fingerprint density at radius 2 is 1.88 bits per heavy atom. The fourth-order valence-electron chi connectivity index (χ4n) is 2.26. The second kappa shape index (κ2) is 8.22. The minimum atomic E-state index is -0.696. The second-order valence-corrected chi connectivity index (χ2v) is 7.76. The Kier molecular flexibility index (Phi) is 6.25. The molecule has 0 saturated heterocycles. The molecule has 2 aromatic rings. The summed E-state index contributed by atoms with van der Waals surface area (Å²) in [4.78, 5) is 24.4. The van der Waals surface area contributed by atoms with Gasteiger partial charge in [0.2, 0.25) is 11.1 Å². The first-order valence-electron chi connectivity index (χ1n) is 8.25. The predicted octanol–water partition coefficient (Wildman–Crippen LogP) is 1.97. The SMILES string of the molecule is CCNC(=O)NC(=O)[C@@H](Sc1nnc(C(C)(C)C)n1N)c1ccccc1. The third-order valence-corrected chi connectivity index (χ3v) is 4.68. The number of aromatic nitrogens is 3. The topological polar surface area (TPSA) is 115 Å². The van der Waals surface area contributed by atoms with Crippen LogP contribution in [0, 0.1) is 0 Å². The summed E-state index contributed by atoms with van der Waals surface area (Å²) in [5.41, 5.74) is 0.450. The Balaban J connectivity index is 2.30. The number of nitrogen functional groups attached to an aromatic ring is 1. The van der Waals surface area contributed by atoms with Gasteiger partial charge in [0.25, 0.3) is 0 Å². The van der Waals surface area contributed by atoms with Crippen molar-refractivity contribution < 1.29 is 9.59 Å². The Labute approximate surface area is 156 Å². The van der Waals surface area contributed by atoms with E-state index in [0.29, 0.717) is 17.5 Å². The minimum Gasteiger partial charge on any atom is -0.338 e. The van der Waals surface area contributed by atoms with Crippen LogP contribution >= 0.6 is 11.8 Å². The van der Waals surface area contributed by atoms with Crippen LogP contribution in [0.2, 0.25) is 0 Å². The van der Waals surface area contributed by atoms with Crippen LogP contribution < -0.4 is 16.5 Å². The molecule has 0 radical (unpaired) electrons. The van der Waals surface area contributed by atoms with Crippen molar-refractivity contribution in [1.29, 1.82) is 0 Å². The molecule has 4 N–H and O–H groups in total. The molecule has 8 nitrogen and oxygen atoms in total. The summed E-state index contributed by atoms with van der Waals surface area (Å²) >= 11 is 1.15. The Morgan fingerprint density at radius 3 is 2.42 bits per heavy atom. The van der Waals surface area contributed by atoms with Gasteiger partial charge in [0.15, 0.2) is 5.82 Å². The Hall–Kier alpha value is -2.55. The van der Waals surface area contributed by atoms with Gasteiger partial charge in [0.1, 0.15) is 5.25 Å². The Bertz CT molecular complexity index is 769. The number of amides is 3. The molecule has 0 bridgehead atoms. The number of nitrogens with two attached hydrogens (primary N) is 1. The molecule has 1 aromatic heterocycles. The van der Waals surface area contributed by atoms with Crippen molar-refractivity contribution in [3.05, 3.63) is 41.7 Å². The maximum Gasteiger partial charge on any atom is 0.321 e. The van der Waals surface area contributed by atoms with Gasteiger partial charge < -0.3 is 11.2 Å². The van der Waals surface area contributed by atoms with Gasteiger partial charge in [-0.1, -0.05) is 62.9 Å². The van der Waals surface area contributed by atoms with Crippen molar-refractivity contribution >= 4 is 23.7 Å². The van der Waals surface area contributed by atoms with Crippen LogP contribution in [0.3, 0.4) is 0 Å². The van der Waals surface area contributed by atoms with E-state index in [9.17, 15) is 9.59 Å². The second-order valence-electron chi connectivity index (χ2n) is 6.68. The van der Waals surface area contributed by atoms with Crippen LogP contribution in [0.4, 0.5) is 4.79 Å². The molecule has 0 unspecified atom stereocenters. The quantitative estimate of drug-likeness (QED) is 0.543. The number of nitrogens with zero attached hydrogens (tertiary/aromatic N) is 3. The summed E-state index contributed by atoms with van der Waals surface area (Å²) in [7, 11) is 0. The monoisotopic (exact) mass is 376 g/mol. The minimum absolute atomic E-state index is 0.286. The number of thioether (sulfide) groups is 1. The molecule has 0 aliphatic carbocycles. The number of hydrogen-bond acceptors (Lipinski definition) is 6. The zero-order valence-electron chi connectivity index (χ0n) is 15.3. The highest BCUT2D eigenvalue weighted by molar-refractivity contribution is 8.00. The molecular weight excluding hydrogens is 352 g/mol. The molecule has 0 saturated carbocycles. The molecule has 2 rings (SSSR count). The molecule has 0 aliphatic rings. The van der Waals surface area contributed by atoms with Gasteiger partial charge in [-0.15, -0.1) is 10.2 Å². The zero-order chi connectivity index (χ0) is 19.3. The highest BCUT2D eigenvalue weighted by Gasteiger charge is 2.29. The predicted molar refractivity (Wildman–Crippen MR) is 101 cm³/mol. The molecule has 140 valence electrons. The molecule has 1 heterocycles. The summed E-state index contributed by atoms with van der Waals surface area (Å²) in [6.07, 6.45) is 0. The van der Waals surface area contributed by atoms with Crippen LogP contribution in [-0.2, 0) is 10.2 Å². The van der Waals surface area contributed by atoms with Crippen molar-refractivity contribution in [1.82, 2.24) is 25.5 Å². The number of benzene rings is 1. The lowest BCUT2D eigenvalue weighted by molar-refractivity contribution is -0.119. The summed E-state index contributed by atoms with van der Waals surface area (Å²) in [5.74, 6) is 6.28. The van der Waals surface area contributed by atoms with Crippen molar-refractivity contribution in [3.8, 4) is 0 Å².